The largest absolute Gasteiger partial charge is 0.380 e. The van der Waals surface area contributed by atoms with E-state index < -0.39 is 6.10 Å². The Bertz CT molecular complexity index is 351. The van der Waals surface area contributed by atoms with Crippen LogP contribution in [0.2, 0.25) is 0 Å². The Balaban J connectivity index is 2.30. The van der Waals surface area contributed by atoms with Crippen LogP contribution in [0.4, 0.5) is 0 Å². The van der Waals surface area contributed by atoms with E-state index in [1.54, 1.807) is 0 Å². The van der Waals surface area contributed by atoms with Gasteiger partial charge in [-0.15, -0.1) is 5.10 Å². The summed E-state index contributed by atoms with van der Waals surface area (Å²) >= 11 is 0. The molecule has 2 aromatic rings. The number of rotatable bonds is 2. The van der Waals surface area contributed by atoms with Crippen LogP contribution in [0.25, 0.3) is 0 Å². The predicted molar refractivity (Wildman–Crippen MR) is 50.3 cm³/mol. The predicted octanol–water partition coefficient (Wildman–Crippen LogP) is 0.953. The summed E-state index contributed by atoms with van der Waals surface area (Å²) in [5, 5.41) is 17.2. The van der Waals surface area contributed by atoms with Gasteiger partial charge in [-0.1, -0.05) is 30.3 Å². The topological polar surface area (TPSA) is 58.9 Å². The van der Waals surface area contributed by atoms with Crippen LogP contribution >= 0.6 is 0 Å². The first-order valence-electron chi connectivity index (χ1n) is 4.24. The number of benzene rings is 1. The zero-order valence-electron chi connectivity index (χ0n) is 7.41. The Hall–Kier alpha value is -1.81. The molecular formula is C10H9N3O. The molecule has 0 radical (unpaired) electrons. The molecule has 0 saturated heterocycles. The van der Waals surface area contributed by atoms with Crippen molar-refractivity contribution in [3.8, 4) is 0 Å². The number of hydrogen-bond acceptors (Lipinski definition) is 4. The summed E-state index contributed by atoms with van der Waals surface area (Å²) in [7, 11) is 0. The maximum atomic E-state index is 9.83. The molecular weight excluding hydrogens is 178 g/mol. The van der Waals surface area contributed by atoms with Gasteiger partial charge in [-0.2, -0.15) is 5.10 Å². The van der Waals surface area contributed by atoms with Crippen LogP contribution in [-0.2, 0) is 0 Å². The normalized spacial score (nSPS) is 12.4. The zero-order chi connectivity index (χ0) is 9.80. The van der Waals surface area contributed by atoms with Crippen LogP contribution in [-0.4, -0.2) is 20.3 Å². The fraction of sp³-hybridized carbons (Fsp3) is 0.100. The van der Waals surface area contributed by atoms with Gasteiger partial charge in [0.1, 0.15) is 6.10 Å². The van der Waals surface area contributed by atoms with Gasteiger partial charge in [0.2, 0.25) is 0 Å². The van der Waals surface area contributed by atoms with Crippen LogP contribution < -0.4 is 0 Å². The van der Waals surface area contributed by atoms with Crippen LogP contribution in [0.5, 0.6) is 0 Å². The first-order valence-corrected chi connectivity index (χ1v) is 4.24. The number of aromatic nitrogens is 3. The summed E-state index contributed by atoms with van der Waals surface area (Å²) in [6.45, 7) is 0. The third kappa shape index (κ3) is 1.75. The third-order valence-corrected chi connectivity index (χ3v) is 1.86. The van der Waals surface area contributed by atoms with Crippen molar-refractivity contribution in [1.82, 2.24) is 15.2 Å². The number of aliphatic hydroxyl groups excluding tert-OH is 1. The molecule has 2 rings (SSSR count). The Morgan fingerprint density at radius 1 is 1.07 bits per heavy atom. The van der Waals surface area contributed by atoms with Crippen molar-refractivity contribution in [2.45, 2.75) is 6.10 Å². The van der Waals surface area contributed by atoms with E-state index in [0.717, 1.165) is 5.56 Å². The second kappa shape index (κ2) is 3.93. The van der Waals surface area contributed by atoms with Crippen molar-refractivity contribution in [3.63, 3.8) is 0 Å². The van der Waals surface area contributed by atoms with Crippen molar-refractivity contribution in [1.29, 1.82) is 0 Å². The molecule has 0 spiro atoms. The minimum atomic E-state index is -0.801. The van der Waals surface area contributed by atoms with Crippen LogP contribution in [0.3, 0.4) is 0 Å². The van der Waals surface area contributed by atoms with E-state index in [4.69, 9.17) is 0 Å². The Kier molecular flexibility index (Phi) is 2.46. The lowest BCUT2D eigenvalue weighted by Gasteiger charge is -2.07. The summed E-state index contributed by atoms with van der Waals surface area (Å²) in [6.07, 6.45) is 2.18. The summed E-state index contributed by atoms with van der Waals surface area (Å²) in [4.78, 5) is 3.93. The summed E-state index contributed by atoms with van der Waals surface area (Å²) in [6, 6.07) is 9.24. The molecule has 14 heavy (non-hydrogen) atoms. The molecule has 0 fully saturated rings. The highest BCUT2D eigenvalue weighted by Crippen LogP contribution is 2.16. The second-order valence-corrected chi connectivity index (χ2v) is 2.81. The third-order valence-electron chi connectivity index (χ3n) is 1.86. The molecule has 0 aliphatic heterocycles. The van der Waals surface area contributed by atoms with Crippen molar-refractivity contribution in [2.24, 2.45) is 0 Å². The number of hydrogen-bond donors (Lipinski definition) is 1. The smallest absolute Gasteiger partial charge is 0.184 e. The average molecular weight is 187 g/mol. The SMILES string of the molecule is OC(c1ccccc1)c1nccnn1. The molecule has 4 heteroatoms. The lowest BCUT2D eigenvalue weighted by molar-refractivity contribution is 0.208. The van der Waals surface area contributed by atoms with Crippen molar-refractivity contribution >= 4 is 0 Å². The van der Waals surface area contributed by atoms with Gasteiger partial charge in [0.05, 0.1) is 6.20 Å². The van der Waals surface area contributed by atoms with Gasteiger partial charge in [0, 0.05) is 6.20 Å². The van der Waals surface area contributed by atoms with Gasteiger partial charge in [0.15, 0.2) is 5.82 Å². The van der Waals surface area contributed by atoms with E-state index in [0.29, 0.717) is 5.82 Å². The van der Waals surface area contributed by atoms with E-state index in [9.17, 15) is 5.11 Å². The first-order chi connectivity index (χ1) is 6.88. The monoisotopic (exact) mass is 187 g/mol. The van der Waals surface area contributed by atoms with Crippen molar-refractivity contribution in [3.05, 3.63) is 54.1 Å². The molecule has 1 aromatic carbocycles. The Morgan fingerprint density at radius 3 is 2.50 bits per heavy atom. The van der Waals surface area contributed by atoms with Gasteiger partial charge < -0.3 is 5.11 Å². The maximum absolute atomic E-state index is 9.83. The van der Waals surface area contributed by atoms with Gasteiger partial charge in [-0.3, -0.25) is 0 Å². The van der Waals surface area contributed by atoms with Crippen LogP contribution in [0.1, 0.15) is 17.5 Å². The summed E-state index contributed by atoms with van der Waals surface area (Å²) in [5.41, 5.74) is 0.764. The molecule has 1 unspecified atom stereocenters. The molecule has 0 aliphatic rings. The molecule has 0 saturated carbocycles. The summed E-state index contributed by atoms with van der Waals surface area (Å²) < 4.78 is 0. The van der Waals surface area contributed by atoms with E-state index >= 15 is 0 Å². The van der Waals surface area contributed by atoms with Gasteiger partial charge in [-0.05, 0) is 5.56 Å². The fourth-order valence-corrected chi connectivity index (χ4v) is 1.17. The number of aliphatic hydroxyl groups is 1. The first kappa shape index (κ1) is 8.77. The average Bonchev–Trinajstić information content (AvgIpc) is 2.30. The lowest BCUT2D eigenvalue weighted by Crippen LogP contribution is -2.05. The molecule has 1 aromatic heterocycles. The highest BCUT2D eigenvalue weighted by molar-refractivity contribution is 5.21. The standard InChI is InChI=1S/C10H9N3O/c14-9(8-4-2-1-3-5-8)10-11-6-7-12-13-10/h1-7,9,14H. The van der Waals surface area contributed by atoms with E-state index in [1.165, 1.54) is 12.4 Å². The van der Waals surface area contributed by atoms with Gasteiger partial charge in [-0.25, -0.2) is 4.98 Å². The second-order valence-electron chi connectivity index (χ2n) is 2.81. The molecule has 4 nitrogen and oxygen atoms in total. The minimum Gasteiger partial charge on any atom is -0.380 e. The fourth-order valence-electron chi connectivity index (χ4n) is 1.17. The van der Waals surface area contributed by atoms with E-state index in [2.05, 4.69) is 15.2 Å². The van der Waals surface area contributed by atoms with Crippen molar-refractivity contribution in [2.75, 3.05) is 0 Å². The lowest BCUT2D eigenvalue weighted by atomic mass is 10.1. The molecule has 70 valence electrons. The zero-order valence-corrected chi connectivity index (χ0v) is 7.41. The molecule has 1 atom stereocenters. The van der Waals surface area contributed by atoms with E-state index in [1.807, 2.05) is 30.3 Å². The quantitative estimate of drug-likeness (QED) is 0.760. The summed E-state index contributed by atoms with van der Waals surface area (Å²) in [5.74, 6) is 0.318. The van der Waals surface area contributed by atoms with E-state index in [-0.39, 0.29) is 0 Å². The van der Waals surface area contributed by atoms with Crippen molar-refractivity contribution < 1.29 is 5.11 Å². The molecule has 0 aliphatic carbocycles. The molecule has 1 N–H and O–H groups in total. The molecule has 0 amide bonds. The minimum absolute atomic E-state index is 0.318. The van der Waals surface area contributed by atoms with Gasteiger partial charge >= 0.3 is 0 Å². The highest BCUT2D eigenvalue weighted by Gasteiger charge is 2.12. The van der Waals surface area contributed by atoms with Gasteiger partial charge in [0.25, 0.3) is 0 Å². The van der Waals surface area contributed by atoms with Crippen LogP contribution in [0, 0.1) is 0 Å². The molecule has 0 bridgehead atoms. The Labute approximate surface area is 81.3 Å². The maximum Gasteiger partial charge on any atom is 0.184 e. The highest BCUT2D eigenvalue weighted by atomic mass is 16.3. The van der Waals surface area contributed by atoms with Crippen LogP contribution in [0.15, 0.2) is 42.7 Å². The Morgan fingerprint density at radius 2 is 1.86 bits per heavy atom. The number of nitrogens with zero attached hydrogens (tertiary/aromatic N) is 3. The molecule has 1 heterocycles.